The van der Waals surface area contributed by atoms with Crippen LogP contribution in [0.5, 0.6) is 0 Å². The first-order valence-electron chi connectivity index (χ1n) is 12.1. The van der Waals surface area contributed by atoms with Crippen molar-refractivity contribution in [1.82, 2.24) is 0 Å². The number of anilines is 1. The summed E-state index contributed by atoms with van der Waals surface area (Å²) in [6, 6.07) is 28.9. The minimum Gasteiger partial charge on any atom is -0.404 e. The van der Waals surface area contributed by atoms with Crippen LogP contribution in [-0.2, 0) is 9.22 Å². The normalized spacial score (nSPS) is 23.9. The number of carbonyl (C=O) groups is 1. The zero-order chi connectivity index (χ0) is 23.9. The van der Waals surface area contributed by atoms with Gasteiger partial charge in [0.15, 0.2) is 0 Å². The standard InChI is InChI=1S/C29H32ClNO2Si/c1-29(2,3)34(23-10-6-4-7-11-23,24-12-8-5-9-13-24)33-22-18-25-26(19-22)27(25)28(32)31-21-16-14-20(30)15-17-21/h4-17,22,25-27H,18-19H2,1-3H3,(H,31,32)/t22?,25-,26+,27?. The van der Waals surface area contributed by atoms with Gasteiger partial charge in [-0.05, 0) is 64.4 Å². The van der Waals surface area contributed by atoms with Crippen molar-refractivity contribution < 1.29 is 9.22 Å². The molecule has 2 saturated carbocycles. The van der Waals surface area contributed by atoms with Crippen molar-refractivity contribution >= 4 is 41.9 Å². The van der Waals surface area contributed by atoms with Gasteiger partial charge in [0.05, 0.1) is 0 Å². The van der Waals surface area contributed by atoms with Gasteiger partial charge in [-0.25, -0.2) is 0 Å². The number of halogens is 1. The van der Waals surface area contributed by atoms with Crippen molar-refractivity contribution in [1.29, 1.82) is 0 Å². The number of carbonyl (C=O) groups excluding carboxylic acids is 1. The van der Waals surface area contributed by atoms with E-state index in [1.165, 1.54) is 10.4 Å². The fourth-order valence-corrected chi connectivity index (χ4v) is 10.8. The number of hydrogen-bond donors (Lipinski definition) is 1. The third-order valence-electron chi connectivity index (χ3n) is 7.58. The Balaban J connectivity index is 1.35. The molecule has 0 aliphatic heterocycles. The molecule has 3 nitrogen and oxygen atoms in total. The van der Waals surface area contributed by atoms with E-state index in [-0.39, 0.29) is 23.0 Å². The predicted molar refractivity (Wildman–Crippen MR) is 142 cm³/mol. The summed E-state index contributed by atoms with van der Waals surface area (Å²) >= 11 is 5.97. The lowest BCUT2D eigenvalue weighted by molar-refractivity contribution is -0.118. The van der Waals surface area contributed by atoms with E-state index in [0.29, 0.717) is 16.9 Å². The highest BCUT2D eigenvalue weighted by atomic mass is 35.5. The first-order valence-corrected chi connectivity index (χ1v) is 14.4. The van der Waals surface area contributed by atoms with Crippen LogP contribution in [0.2, 0.25) is 10.1 Å². The van der Waals surface area contributed by atoms with Gasteiger partial charge in [0.1, 0.15) is 0 Å². The number of nitrogens with one attached hydrogen (secondary N) is 1. The molecule has 0 aromatic heterocycles. The molecule has 1 amide bonds. The molecule has 5 rings (SSSR count). The molecule has 0 bridgehead atoms. The monoisotopic (exact) mass is 489 g/mol. The minimum absolute atomic E-state index is 0.0339. The number of amides is 1. The highest BCUT2D eigenvalue weighted by Gasteiger charge is 2.62. The summed E-state index contributed by atoms with van der Waals surface area (Å²) in [6.07, 6.45) is 2.09. The van der Waals surface area contributed by atoms with E-state index in [9.17, 15) is 4.79 Å². The maximum atomic E-state index is 12.9. The Bertz CT molecular complexity index is 1090. The summed E-state index contributed by atoms with van der Waals surface area (Å²) in [5, 5.41) is 6.33. The molecule has 1 N–H and O–H groups in total. The van der Waals surface area contributed by atoms with E-state index < -0.39 is 8.32 Å². The predicted octanol–water partition coefficient (Wildman–Crippen LogP) is 5.88. The summed E-state index contributed by atoms with van der Waals surface area (Å²) in [5.41, 5.74) is 0.805. The highest BCUT2D eigenvalue weighted by molar-refractivity contribution is 6.99. The van der Waals surface area contributed by atoms with Gasteiger partial charge in [0.2, 0.25) is 5.91 Å². The Labute approximate surface area is 208 Å². The number of fused-ring (bicyclic) bond motifs is 1. The molecule has 5 heteroatoms. The maximum Gasteiger partial charge on any atom is 0.261 e. The zero-order valence-electron chi connectivity index (χ0n) is 20.0. The molecule has 34 heavy (non-hydrogen) atoms. The van der Waals surface area contributed by atoms with Gasteiger partial charge >= 0.3 is 0 Å². The second kappa shape index (κ2) is 8.99. The van der Waals surface area contributed by atoms with Crippen molar-refractivity contribution in [2.24, 2.45) is 17.8 Å². The zero-order valence-corrected chi connectivity index (χ0v) is 21.8. The van der Waals surface area contributed by atoms with Gasteiger partial charge in [0, 0.05) is 22.7 Å². The SMILES string of the molecule is CC(C)(C)[Si](OC1C[C@@H]2C(C(=O)Nc3ccc(Cl)cc3)[C@@H]2C1)(c1ccccc1)c1ccccc1. The van der Waals surface area contributed by atoms with Crippen molar-refractivity contribution in [3.63, 3.8) is 0 Å². The van der Waals surface area contributed by atoms with Crippen LogP contribution in [0.15, 0.2) is 84.9 Å². The lowest BCUT2D eigenvalue weighted by Crippen LogP contribution is -2.67. The molecule has 3 aromatic carbocycles. The summed E-state index contributed by atoms with van der Waals surface area (Å²) in [7, 11) is -2.55. The largest absolute Gasteiger partial charge is 0.404 e. The lowest BCUT2D eigenvalue weighted by Gasteiger charge is -2.45. The Kier molecular flexibility index (Phi) is 6.17. The van der Waals surface area contributed by atoms with Crippen molar-refractivity contribution in [3.05, 3.63) is 90.0 Å². The number of rotatable bonds is 6. The molecule has 0 radical (unpaired) electrons. The summed E-state index contributed by atoms with van der Waals surface area (Å²) in [4.78, 5) is 12.9. The Morgan fingerprint density at radius 2 is 1.35 bits per heavy atom. The molecular weight excluding hydrogens is 458 g/mol. The molecule has 0 spiro atoms. The van der Waals surface area contributed by atoms with E-state index in [0.717, 1.165) is 18.5 Å². The Hall–Kier alpha value is -2.40. The lowest BCUT2D eigenvalue weighted by atomic mass is 10.1. The fraction of sp³-hybridized carbons (Fsp3) is 0.345. The topological polar surface area (TPSA) is 38.3 Å². The molecule has 2 unspecified atom stereocenters. The maximum absolute atomic E-state index is 12.9. The highest BCUT2D eigenvalue weighted by Crippen LogP contribution is 2.59. The third kappa shape index (κ3) is 4.24. The molecule has 3 aromatic rings. The molecule has 0 heterocycles. The van der Waals surface area contributed by atoms with Crippen LogP contribution in [0.25, 0.3) is 0 Å². The van der Waals surface area contributed by atoms with Crippen LogP contribution in [0, 0.1) is 17.8 Å². The number of hydrogen-bond acceptors (Lipinski definition) is 2. The van der Waals surface area contributed by atoms with Crippen molar-refractivity contribution in [3.8, 4) is 0 Å². The first-order chi connectivity index (χ1) is 16.3. The Morgan fingerprint density at radius 1 is 0.853 bits per heavy atom. The van der Waals surface area contributed by atoms with Crippen molar-refractivity contribution in [2.45, 2.75) is 44.8 Å². The molecule has 0 saturated heterocycles. The fourth-order valence-electron chi connectivity index (χ4n) is 5.98. The summed E-state index contributed by atoms with van der Waals surface area (Å²) in [6.45, 7) is 6.95. The van der Waals surface area contributed by atoms with Crippen molar-refractivity contribution in [2.75, 3.05) is 5.32 Å². The third-order valence-corrected chi connectivity index (χ3v) is 12.9. The van der Waals surface area contributed by atoms with E-state index in [1.807, 2.05) is 12.1 Å². The van der Waals surface area contributed by atoms with Gasteiger partial charge < -0.3 is 9.74 Å². The van der Waals surface area contributed by atoms with Gasteiger partial charge in [-0.1, -0.05) is 93.0 Å². The van der Waals surface area contributed by atoms with E-state index in [1.54, 1.807) is 12.1 Å². The van der Waals surface area contributed by atoms with Crippen LogP contribution < -0.4 is 15.7 Å². The van der Waals surface area contributed by atoms with Crippen LogP contribution in [0.4, 0.5) is 5.69 Å². The van der Waals surface area contributed by atoms with Crippen LogP contribution in [0.1, 0.15) is 33.6 Å². The van der Waals surface area contributed by atoms with Gasteiger partial charge in [0.25, 0.3) is 8.32 Å². The van der Waals surface area contributed by atoms with Gasteiger partial charge in [-0.3, -0.25) is 4.79 Å². The van der Waals surface area contributed by atoms with Gasteiger partial charge in [-0.15, -0.1) is 0 Å². The minimum atomic E-state index is -2.55. The first kappa shape index (κ1) is 23.3. The summed E-state index contributed by atoms with van der Waals surface area (Å²) in [5.74, 6) is 1.04. The smallest absolute Gasteiger partial charge is 0.261 e. The van der Waals surface area contributed by atoms with Crippen LogP contribution >= 0.6 is 11.6 Å². The van der Waals surface area contributed by atoms with Gasteiger partial charge in [-0.2, -0.15) is 0 Å². The second-order valence-corrected chi connectivity index (χ2v) is 15.4. The molecule has 2 fully saturated rings. The average molecular weight is 490 g/mol. The Morgan fingerprint density at radius 3 is 1.82 bits per heavy atom. The molecule has 2 aliphatic carbocycles. The van der Waals surface area contributed by atoms with Crippen LogP contribution in [0.3, 0.4) is 0 Å². The second-order valence-electron chi connectivity index (χ2n) is 10.7. The molecule has 4 atom stereocenters. The van der Waals surface area contributed by atoms with E-state index in [4.69, 9.17) is 16.0 Å². The van der Waals surface area contributed by atoms with E-state index >= 15 is 0 Å². The summed E-state index contributed by atoms with van der Waals surface area (Å²) < 4.78 is 7.29. The average Bonchev–Trinajstić information content (AvgIpc) is 3.34. The molecular formula is C29H32ClNO2Si. The molecule has 2 aliphatic rings. The van der Waals surface area contributed by atoms with Crippen LogP contribution in [-0.4, -0.2) is 20.3 Å². The quantitative estimate of drug-likeness (QED) is 0.439. The van der Waals surface area contributed by atoms with E-state index in [2.05, 4.69) is 86.8 Å². The number of benzene rings is 3. The molecule has 176 valence electrons.